The fourth-order valence-corrected chi connectivity index (χ4v) is 3.91. The van der Waals surface area contributed by atoms with Gasteiger partial charge in [0, 0.05) is 21.8 Å². The number of rotatable bonds is 3. The lowest BCUT2D eigenvalue weighted by atomic mass is 9.98. The number of nitrogens with one attached hydrogen (secondary N) is 1. The fraction of sp³-hybridized carbons (Fsp3) is 0.538. The zero-order chi connectivity index (χ0) is 12.3. The molecule has 0 spiro atoms. The van der Waals surface area contributed by atoms with E-state index in [4.69, 9.17) is 0 Å². The van der Waals surface area contributed by atoms with Crippen LogP contribution in [-0.2, 0) is 5.75 Å². The van der Waals surface area contributed by atoms with Gasteiger partial charge in [0.1, 0.15) is 5.82 Å². The molecule has 1 aromatic rings. The lowest BCUT2D eigenvalue weighted by Gasteiger charge is -2.20. The van der Waals surface area contributed by atoms with Gasteiger partial charge in [0.25, 0.3) is 0 Å². The third-order valence-corrected chi connectivity index (χ3v) is 4.79. The number of halogens is 2. The van der Waals surface area contributed by atoms with Gasteiger partial charge in [-0.3, -0.25) is 0 Å². The predicted molar refractivity (Wildman–Crippen MR) is 75.9 cm³/mol. The molecule has 0 fully saturated rings. The van der Waals surface area contributed by atoms with Crippen molar-refractivity contribution in [3.63, 3.8) is 0 Å². The van der Waals surface area contributed by atoms with Crippen LogP contribution in [0.1, 0.15) is 36.9 Å². The van der Waals surface area contributed by atoms with Crippen molar-refractivity contribution in [2.45, 2.75) is 31.6 Å². The molecule has 0 radical (unpaired) electrons. The molecule has 94 valence electrons. The van der Waals surface area contributed by atoms with E-state index in [-0.39, 0.29) is 11.9 Å². The van der Waals surface area contributed by atoms with Crippen LogP contribution in [-0.4, -0.2) is 12.3 Å². The van der Waals surface area contributed by atoms with Crippen LogP contribution in [0.2, 0.25) is 0 Å². The van der Waals surface area contributed by atoms with Crippen molar-refractivity contribution >= 4 is 27.7 Å². The summed E-state index contributed by atoms with van der Waals surface area (Å²) in [5, 5.41) is 3.46. The van der Waals surface area contributed by atoms with Crippen molar-refractivity contribution in [2.24, 2.45) is 0 Å². The number of hydrogen-bond donors (Lipinski definition) is 1. The summed E-state index contributed by atoms with van der Waals surface area (Å²) in [6.07, 6.45) is 2.08. The summed E-state index contributed by atoms with van der Waals surface area (Å²) < 4.78 is 15.1. The standard InChI is InChI=1S/C13H17BrFNS/c1-2-6-16-12-5-7-17-8-9-10(14)3-4-11(15)13(9)12/h3-4,12,16H,2,5-8H2,1H3. The quantitative estimate of drug-likeness (QED) is 0.893. The number of benzene rings is 1. The second kappa shape index (κ2) is 6.21. The molecule has 1 N–H and O–H groups in total. The first kappa shape index (κ1) is 13.4. The molecular formula is C13H17BrFNS. The molecule has 1 aliphatic rings. The Balaban J connectivity index is 2.36. The molecule has 1 nitrogen and oxygen atoms in total. The zero-order valence-electron chi connectivity index (χ0n) is 9.93. The van der Waals surface area contributed by atoms with Gasteiger partial charge in [0.15, 0.2) is 0 Å². The zero-order valence-corrected chi connectivity index (χ0v) is 12.3. The Morgan fingerprint density at radius 2 is 2.35 bits per heavy atom. The first-order valence-corrected chi connectivity index (χ1v) is 7.96. The van der Waals surface area contributed by atoms with Crippen LogP contribution < -0.4 is 5.32 Å². The van der Waals surface area contributed by atoms with Gasteiger partial charge in [0.2, 0.25) is 0 Å². The molecule has 1 aromatic carbocycles. The second-order valence-electron chi connectivity index (χ2n) is 4.27. The summed E-state index contributed by atoms with van der Waals surface area (Å²) in [7, 11) is 0. The lowest BCUT2D eigenvalue weighted by Crippen LogP contribution is -2.24. The van der Waals surface area contributed by atoms with Crippen LogP contribution in [0.4, 0.5) is 4.39 Å². The highest BCUT2D eigenvalue weighted by molar-refractivity contribution is 9.10. The molecule has 1 atom stereocenters. The molecule has 1 unspecified atom stereocenters. The maximum absolute atomic E-state index is 14.0. The van der Waals surface area contributed by atoms with Crippen molar-refractivity contribution in [2.75, 3.05) is 12.3 Å². The van der Waals surface area contributed by atoms with E-state index in [1.165, 1.54) is 0 Å². The average molecular weight is 318 g/mol. The van der Waals surface area contributed by atoms with Crippen LogP contribution in [0.5, 0.6) is 0 Å². The summed E-state index contributed by atoms with van der Waals surface area (Å²) in [5.41, 5.74) is 2.00. The third kappa shape index (κ3) is 3.04. The Morgan fingerprint density at radius 1 is 1.53 bits per heavy atom. The minimum Gasteiger partial charge on any atom is -0.310 e. The summed E-state index contributed by atoms with van der Waals surface area (Å²) in [6, 6.07) is 3.55. The van der Waals surface area contributed by atoms with E-state index in [0.717, 1.165) is 46.5 Å². The van der Waals surface area contributed by atoms with Gasteiger partial charge in [-0.25, -0.2) is 4.39 Å². The Labute approximate surface area is 115 Å². The van der Waals surface area contributed by atoms with Crippen molar-refractivity contribution in [1.82, 2.24) is 5.32 Å². The van der Waals surface area contributed by atoms with E-state index >= 15 is 0 Å². The van der Waals surface area contributed by atoms with E-state index in [1.807, 2.05) is 17.8 Å². The first-order valence-electron chi connectivity index (χ1n) is 6.02. The highest BCUT2D eigenvalue weighted by Crippen LogP contribution is 2.36. The number of thioether (sulfide) groups is 1. The van der Waals surface area contributed by atoms with E-state index < -0.39 is 0 Å². The second-order valence-corrected chi connectivity index (χ2v) is 6.23. The third-order valence-electron chi connectivity index (χ3n) is 3.03. The monoisotopic (exact) mass is 317 g/mol. The maximum Gasteiger partial charge on any atom is 0.128 e. The minimum atomic E-state index is -0.0701. The van der Waals surface area contributed by atoms with Crippen molar-refractivity contribution in [3.05, 3.63) is 33.5 Å². The van der Waals surface area contributed by atoms with Gasteiger partial charge in [-0.05, 0) is 42.8 Å². The number of hydrogen-bond acceptors (Lipinski definition) is 2. The molecule has 1 aliphatic heterocycles. The van der Waals surface area contributed by atoms with Gasteiger partial charge in [0.05, 0.1) is 0 Å². The molecule has 0 aliphatic carbocycles. The summed E-state index contributed by atoms with van der Waals surface area (Å²) >= 11 is 5.42. The summed E-state index contributed by atoms with van der Waals surface area (Å²) in [5.74, 6) is 1.92. The lowest BCUT2D eigenvalue weighted by molar-refractivity contribution is 0.490. The Hall–Kier alpha value is -0.0600. The molecule has 1 heterocycles. The summed E-state index contributed by atoms with van der Waals surface area (Å²) in [6.45, 7) is 3.08. The van der Waals surface area contributed by atoms with Gasteiger partial charge in [-0.2, -0.15) is 11.8 Å². The van der Waals surface area contributed by atoms with Crippen LogP contribution >= 0.6 is 27.7 Å². The smallest absolute Gasteiger partial charge is 0.128 e. The minimum absolute atomic E-state index is 0.0701. The highest BCUT2D eigenvalue weighted by Gasteiger charge is 2.23. The maximum atomic E-state index is 14.0. The van der Waals surface area contributed by atoms with E-state index in [1.54, 1.807) is 6.07 Å². The van der Waals surface area contributed by atoms with Gasteiger partial charge in [-0.15, -0.1) is 0 Å². The van der Waals surface area contributed by atoms with Gasteiger partial charge in [-0.1, -0.05) is 22.9 Å². The molecule has 2 rings (SSSR count). The van der Waals surface area contributed by atoms with Crippen molar-refractivity contribution < 1.29 is 4.39 Å². The van der Waals surface area contributed by atoms with Crippen molar-refractivity contribution in [1.29, 1.82) is 0 Å². The van der Waals surface area contributed by atoms with Gasteiger partial charge < -0.3 is 5.32 Å². The van der Waals surface area contributed by atoms with Crippen LogP contribution in [0.3, 0.4) is 0 Å². The largest absolute Gasteiger partial charge is 0.310 e. The molecule has 0 saturated heterocycles. The SMILES string of the molecule is CCCNC1CCSCc2c(Br)ccc(F)c21. The Bertz CT molecular complexity index is 397. The Kier molecular flexibility index (Phi) is 4.88. The van der Waals surface area contributed by atoms with E-state index in [2.05, 4.69) is 28.2 Å². The normalized spacial score (nSPS) is 19.8. The molecule has 17 heavy (non-hydrogen) atoms. The number of fused-ring (bicyclic) bond motifs is 1. The van der Waals surface area contributed by atoms with Gasteiger partial charge >= 0.3 is 0 Å². The van der Waals surface area contributed by atoms with Crippen LogP contribution in [0.15, 0.2) is 16.6 Å². The molecule has 0 amide bonds. The first-order chi connectivity index (χ1) is 8.24. The summed E-state index contributed by atoms with van der Waals surface area (Å²) in [4.78, 5) is 0. The highest BCUT2D eigenvalue weighted by atomic mass is 79.9. The Morgan fingerprint density at radius 3 is 3.12 bits per heavy atom. The van der Waals surface area contributed by atoms with Crippen molar-refractivity contribution in [3.8, 4) is 0 Å². The van der Waals surface area contributed by atoms with E-state index in [0.29, 0.717) is 0 Å². The average Bonchev–Trinajstić information content (AvgIpc) is 2.54. The topological polar surface area (TPSA) is 12.0 Å². The van der Waals surface area contributed by atoms with E-state index in [9.17, 15) is 4.39 Å². The predicted octanol–water partition coefficient (Wildman–Crippen LogP) is 4.27. The molecule has 0 bridgehead atoms. The van der Waals surface area contributed by atoms with Crippen LogP contribution in [0, 0.1) is 5.82 Å². The molecule has 4 heteroatoms. The molecule has 0 aromatic heterocycles. The molecule has 0 saturated carbocycles. The fourth-order valence-electron chi connectivity index (χ4n) is 2.18. The molecular weight excluding hydrogens is 301 g/mol. The van der Waals surface area contributed by atoms with Crippen LogP contribution in [0.25, 0.3) is 0 Å².